The van der Waals surface area contributed by atoms with E-state index in [0.717, 1.165) is 22.1 Å². The predicted octanol–water partition coefficient (Wildman–Crippen LogP) is 3.59. The number of allylic oxidation sites excluding steroid dienone is 1. The van der Waals surface area contributed by atoms with Gasteiger partial charge in [0.2, 0.25) is 0 Å². The molecule has 13 heavy (non-hydrogen) atoms. The summed E-state index contributed by atoms with van der Waals surface area (Å²) in [5.74, 6) is 1.01. The molecule has 0 aliphatic carbocycles. The Labute approximate surface area is 88.0 Å². The van der Waals surface area contributed by atoms with Gasteiger partial charge >= 0.3 is 0 Å². The molecular formula is C10H12ClNS. The van der Waals surface area contributed by atoms with E-state index in [1.54, 1.807) is 17.8 Å². The second kappa shape index (κ2) is 5.20. The topological polar surface area (TPSA) is 26.0 Å². The molecule has 0 radical (unpaired) electrons. The molecule has 0 saturated carbocycles. The van der Waals surface area contributed by atoms with Crippen LogP contribution in [0.5, 0.6) is 0 Å². The van der Waals surface area contributed by atoms with E-state index in [-0.39, 0.29) is 0 Å². The van der Waals surface area contributed by atoms with Crippen LogP contribution in [-0.2, 0) is 0 Å². The van der Waals surface area contributed by atoms with Crippen LogP contribution in [0.2, 0.25) is 5.02 Å². The van der Waals surface area contributed by atoms with E-state index in [1.165, 1.54) is 0 Å². The quantitative estimate of drug-likeness (QED) is 0.358. The Hall–Kier alpha value is -0.600. The van der Waals surface area contributed by atoms with Crippen molar-refractivity contribution in [3.63, 3.8) is 0 Å². The molecule has 1 aromatic carbocycles. The molecule has 0 fully saturated rings. The lowest BCUT2D eigenvalue weighted by Gasteiger charge is -2.03. The van der Waals surface area contributed by atoms with Crippen molar-refractivity contribution in [2.75, 3.05) is 11.5 Å². The number of benzene rings is 1. The van der Waals surface area contributed by atoms with Gasteiger partial charge in [-0.15, -0.1) is 18.3 Å². The second-order valence-electron chi connectivity index (χ2n) is 2.62. The molecule has 0 aliphatic heterocycles. The van der Waals surface area contributed by atoms with Crippen LogP contribution in [0.1, 0.15) is 6.42 Å². The predicted molar refractivity (Wildman–Crippen MR) is 61.4 cm³/mol. The second-order valence-corrected chi connectivity index (χ2v) is 4.16. The Bertz CT molecular complexity index is 299. The average Bonchev–Trinajstić information content (AvgIpc) is 2.09. The minimum absolute atomic E-state index is 0.707. The summed E-state index contributed by atoms with van der Waals surface area (Å²) in [6.07, 6.45) is 2.89. The molecule has 0 atom stereocenters. The van der Waals surface area contributed by atoms with E-state index >= 15 is 0 Å². The summed E-state index contributed by atoms with van der Waals surface area (Å²) < 4.78 is 0. The first-order chi connectivity index (χ1) is 6.24. The van der Waals surface area contributed by atoms with Gasteiger partial charge < -0.3 is 5.73 Å². The molecular weight excluding hydrogens is 202 g/mol. The van der Waals surface area contributed by atoms with Gasteiger partial charge in [-0.1, -0.05) is 17.7 Å². The minimum Gasteiger partial charge on any atom is -0.399 e. The van der Waals surface area contributed by atoms with Gasteiger partial charge in [-0.3, -0.25) is 0 Å². The number of nitrogens with two attached hydrogens (primary N) is 1. The first-order valence-corrected chi connectivity index (χ1v) is 5.39. The number of thioether (sulfide) groups is 1. The molecule has 1 aromatic rings. The number of anilines is 1. The minimum atomic E-state index is 0.707. The highest BCUT2D eigenvalue weighted by Gasteiger charge is 1.99. The molecule has 0 saturated heterocycles. The molecule has 70 valence electrons. The molecule has 0 aromatic heterocycles. The average molecular weight is 214 g/mol. The summed E-state index contributed by atoms with van der Waals surface area (Å²) in [7, 11) is 0. The Balaban J connectivity index is 2.61. The highest BCUT2D eigenvalue weighted by molar-refractivity contribution is 7.99. The number of hydrogen-bond donors (Lipinski definition) is 1. The van der Waals surface area contributed by atoms with E-state index in [1.807, 2.05) is 18.2 Å². The Morgan fingerprint density at radius 3 is 2.92 bits per heavy atom. The third kappa shape index (κ3) is 3.33. The van der Waals surface area contributed by atoms with E-state index in [0.29, 0.717) is 5.69 Å². The molecule has 3 heteroatoms. The first-order valence-electron chi connectivity index (χ1n) is 4.02. The third-order valence-electron chi connectivity index (χ3n) is 1.54. The summed E-state index contributed by atoms with van der Waals surface area (Å²) in [5.41, 5.74) is 6.28. The fourth-order valence-electron chi connectivity index (χ4n) is 0.886. The zero-order chi connectivity index (χ0) is 9.68. The number of halogens is 1. The molecule has 0 bridgehead atoms. The summed E-state index contributed by atoms with van der Waals surface area (Å²) in [6.45, 7) is 3.66. The number of nitrogen functional groups attached to an aromatic ring is 1. The van der Waals surface area contributed by atoms with Crippen LogP contribution in [0, 0.1) is 0 Å². The largest absolute Gasteiger partial charge is 0.399 e. The Kier molecular flexibility index (Phi) is 4.19. The molecule has 1 nitrogen and oxygen atoms in total. The van der Waals surface area contributed by atoms with E-state index in [9.17, 15) is 0 Å². The maximum Gasteiger partial charge on any atom is 0.0562 e. The van der Waals surface area contributed by atoms with Crippen molar-refractivity contribution in [3.05, 3.63) is 35.9 Å². The van der Waals surface area contributed by atoms with Gasteiger partial charge in [0.25, 0.3) is 0 Å². The molecule has 2 N–H and O–H groups in total. The van der Waals surface area contributed by atoms with E-state index in [4.69, 9.17) is 17.3 Å². The highest BCUT2D eigenvalue weighted by Crippen LogP contribution is 2.29. The maximum absolute atomic E-state index is 5.98. The van der Waals surface area contributed by atoms with Gasteiger partial charge in [-0.05, 0) is 24.6 Å². The van der Waals surface area contributed by atoms with Gasteiger partial charge in [-0.2, -0.15) is 0 Å². The normalized spacial score (nSPS) is 9.92. The summed E-state index contributed by atoms with van der Waals surface area (Å²) in [6, 6.07) is 5.59. The van der Waals surface area contributed by atoms with Crippen LogP contribution in [-0.4, -0.2) is 5.75 Å². The lowest BCUT2D eigenvalue weighted by Crippen LogP contribution is -1.85. The van der Waals surface area contributed by atoms with Gasteiger partial charge in [-0.25, -0.2) is 0 Å². The zero-order valence-corrected chi connectivity index (χ0v) is 8.87. The summed E-state index contributed by atoms with van der Waals surface area (Å²) in [4.78, 5) is 1.08. The molecule has 0 aliphatic rings. The van der Waals surface area contributed by atoms with Gasteiger partial charge in [0, 0.05) is 16.3 Å². The smallest absolute Gasteiger partial charge is 0.0562 e. The van der Waals surface area contributed by atoms with Crippen molar-refractivity contribution in [3.8, 4) is 0 Å². The highest BCUT2D eigenvalue weighted by atomic mass is 35.5. The van der Waals surface area contributed by atoms with E-state index in [2.05, 4.69) is 6.58 Å². The summed E-state index contributed by atoms with van der Waals surface area (Å²) in [5, 5.41) is 0.731. The zero-order valence-electron chi connectivity index (χ0n) is 7.29. The van der Waals surface area contributed by atoms with Gasteiger partial charge in [0.15, 0.2) is 0 Å². The van der Waals surface area contributed by atoms with E-state index < -0.39 is 0 Å². The van der Waals surface area contributed by atoms with Crippen molar-refractivity contribution in [1.82, 2.24) is 0 Å². The molecule has 0 heterocycles. The van der Waals surface area contributed by atoms with Crippen molar-refractivity contribution >= 4 is 29.1 Å². The molecule has 0 amide bonds. The van der Waals surface area contributed by atoms with Crippen LogP contribution in [0.4, 0.5) is 5.69 Å². The van der Waals surface area contributed by atoms with Crippen molar-refractivity contribution in [1.29, 1.82) is 0 Å². The Morgan fingerprint density at radius 1 is 1.54 bits per heavy atom. The van der Waals surface area contributed by atoms with Crippen molar-refractivity contribution in [2.45, 2.75) is 11.3 Å². The monoisotopic (exact) mass is 213 g/mol. The lowest BCUT2D eigenvalue weighted by molar-refractivity contribution is 1.24. The van der Waals surface area contributed by atoms with Gasteiger partial charge in [0.1, 0.15) is 0 Å². The van der Waals surface area contributed by atoms with Crippen LogP contribution in [0.25, 0.3) is 0 Å². The van der Waals surface area contributed by atoms with Crippen LogP contribution in [0.15, 0.2) is 35.7 Å². The fourth-order valence-corrected chi connectivity index (χ4v) is 2.10. The summed E-state index contributed by atoms with van der Waals surface area (Å²) >= 11 is 7.70. The van der Waals surface area contributed by atoms with Crippen LogP contribution < -0.4 is 5.73 Å². The van der Waals surface area contributed by atoms with Gasteiger partial charge in [0.05, 0.1) is 5.02 Å². The first kappa shape index (κ1) is 10.5. The molecule has 0 unspecified atom stereocenters. The SMILES string of the molecule is C=CCCSc1ccc(N)cc1Cl. The fraction of sp³-hybridized carbons (Fsp3) is 0.200. The third-order valence-corrected chi connectivity index (χ3v) is 3.07. The standard InChI is InChI=1S/C10H12ClNS/c1-2-3-6-13-10-5-4-8(12)7-9(10)11/h2,4-5,7H,1,3,6,12H2. The molecule has 1 rings (SSSR count). The molecule has 0 spiro atoms. The maximum atomic E-state index is 5.98. The Morgan fingerprint density at radius 2 is 2.31 bits per heavy atom. The lowest BCUT2D eigenvalue weighted by atomic mass is 10.3. The van der Waals surface area contributed by atoms with Crippen LogP contribution in [0.3, 0.4) is 0 Å². The van der Waals surface area contributed by atoms with Crippen molar-refractivity contribution < 1.29 is 0 Å². The number of rotatable bonds is 4. The van der Waals surface area contributed by atoms with Crippen LogP contribution >= 0.6 is 23.4 Å². The van der Waals surface area contributed by atoms with Crippen molar-refractivity contribution in [2.24, 2.45) is 0 Å². The number of hydrogen-bond acceptors (Lipinski definition) is 2.